The Balaban J connectivity index is 3.81. The Bertz CT molecular complexity index is 113. The molecule has 5 nitrogen and oxygen atoms in total. The first-order chi connectivity index (χ1) is 4.63. The molecule has 0 saturated heterocycles. The van der Waals surface area contributed by atoms with Gasteiger partial charge in [0.1, 0.15) is 6.10 Å². The Hall–Kier alpha value is -0.650. The van der Waals surface area contributed by atoms with Crippen molar-refractivity contribution in [3.63, 3.8) is 0 Å². The van der Waals surface area contributed by atoms with Crippen LogP contribution < -0.4 is 0 Å². The van der Waals surface area contributed by atoms with Gasteiger partial charge in [0.05, 0.1) is 13.7 Å². The van der Waals surface area contributed by atoms with Crippen LogP contribution in [0.25, 0.3) is 0 Å². The molecule has 0 saturated carbocycles. The van der Waals surface area contributed by atoms with E-state index in [1.807, 2.05) is 0 Å². The molecule has 0 heterocycles. The van der Waals surface area contributed by atoms with E-state index in [9.17, 15) is 4.79 Å². The van der Waals surface area contributed by atoms with Gasteiger partial charge in [0, 0.05) is 0 Å². The molecule has 3 N–H and O–H groups in total. The minimum atomic E-state index is -1.66. The molecule has 0 aliphatic rings. The van der Waals surface area contributed by atoms with Crippen LogP contribution in [0.2, 0.25) is 0 Å². The molecule has 0 rings (SSSR count). The predicted molar refractivity (Wildman–Crippen MR) is 31.1 cm³/mol. The first-order valence-electron chi connectivity index (χ1n) is 2.68. The highest BCUT2D eigenvalue weighted by molar-refractivity contribution is 5.74. The van der Waals surface area contributed by atoms with Crippen molar-refractivity contribution in [2.24, 2.45) is 0 Å². The summed E-state index contributed by atoms with van der Waals surface area (Å²) in [7, 11) is 1.08. The molecule has 0 amide bonds. The van der Waals surface area contributed by atoms with Crippen LogP contribution in [0.1, 0.15) is 0 Å². The lowest BCUT2D eigenvalue weighted by atomic mass is 10.2. The summed E-state index contributed by atoms with van der Waals surface area (Å²) in [6.07, 6.45) is -3.12. The zero-order valence-corrected chi connectivity index (χ0v) is 5.52. The van der Waals surface area contributed by atoms with Crippen molar-refractivity contribution in [2.45, 2.75) is 12.2 Å². The number of esters is 1. The Morgan fingerprint density at radius 3 is 2.40 bits per heavy atom. The molecule has 60 valence electrons. The zero-order chi connectivity index (χ0) is 8.15. The van der Waals surface area contributed by atoms with Gasteiger partial charge >= 0.3 is 5.97 Å². The fourth-order valence-electron chi connectivity index (χ4n) is 0.378. The predicted octanol–water partition coefficient (Wildman–Crippen LogP) is -2.13. The second kappa shape index (κ2) is 4.21. The van der Waals surface area contributed by atoms with Crippen molar-refractivity contribution in [1.29, 1.82) is 0 Å². The minimum Gasteiger partial charge on any atom is -0.467 e. The summed E-state index contributed by atoms with van der Waals surface area (Å²) in [6, 6.07) is 0. The fourth-order valence-corrected chi connectivity index (χ4v) is 0.378. The number of carbonyl (C=O) groups excluding carboxylic acids is 1. The lowest BCUT2D eigenvalue weighted by molar-refractivity contribution is -0.158. The molecule has 0 aromatic carbocycles. The van der Waals surface area contributed by atoms with Gasteiger partial charge < -0.3 is 20.1 Å². The maximum Gasteiger partial charge on any atom is 0.337 e. The number of carbonyl (C=O) groups is 1. The molecule has 10 heavy (non-hydrogen) atoms. The molecule has 0 spiro atoms. The fraction of sp³-hybridized carbons (Fsp3) is 0.800. The molecule has 0 aliphatic carbocycles. The average molecular weight is 150 g/mol. The van der Waals surface area contributed by atoms with Crippen molar-refractivity contribution < 1.29 is 24.9 Å². The van der Waals surface area contributed by atoms with Crippen molar-refractivity contribution in [3.05, 3.63) is 0 Å². The maximum atomic E-state index is 10.4. The number of hydrogen-bond donors (Lipinski definition) is 3. The van der Waals surface area contributed by atoms with E-state index in [0.717, 1.165) is 7.11 Å². The molecular weight excluding hydrogens is 140 g/mol. The summed E-state index contributed by atoms with van der Waals surface area (Å²) in [5.41, 5.74) is 0. The lowest BCUT2D eigenvalue weighted by Crippen LogP contribution is -2.37. The Morgan fingerprint density at radius 2 is 2.10 bits per heavy atom. The third-order valence-electron chi connectivity index (χ3n) is 0.994. The molecule has 0 aromatic heterocycles. The number of hydrogen-bond acceptors (Lipinski definition) is 5. The Labute approximate surface area is 57.9 Å². The molecule has 0 radical (unpaired) electrons. The van der Waals surface area contributed by atoms with E-state index in [2.05, 4.69) is 4.74 Å². The zero-order valence-electron chi connectivity index (χ0n) is 5.52. The molecule has 0 aromatic rings. The van der Waals surface area contributed by atoms with Gasteiger partial charge in [-0.2, -0.15) is 0 Å². The van der Waals surface area contributed by atoms with Gasteiger partial charge in [0.2, 0.25) is 0 Å². The number of ether oxygens (including phenoxy) is 1. The topological polar surface area (TPSA) is 87.0 Å². The lowest BCUT2D eigenvalue weighted by Gasteiger charge is -2.11. The second-order valence-corrected chi connectivity index (χ2v) is 1.72. The van der Waals surface area contributed by atoms with Crippen molar-refractivity contribution in [2.75, 3.05) is 13.7 Å². The summed E-state index contributed by atoms with van der Waals surface area (Å²) in [5.74, 6) is -0.957. The van der Waals surface area contributed by atoms with Gasteiger partial charge in [0.25, 0.3) is 0 Å². The van der Waals surface area contributed by atoms with Crippen LogP contribution in [0, 0.1) is 0 Å². The smallest absolute Gasteiger partial charge is 0.337 e. The maximum absolute atomic E-state index is 10.4. The first kappa shape index (κ1) is 9.35. The summed E-state index contributed by atoms with van der Waals surface area (Å²) in [6.45, 7) is -0.670. The average Bonchev–Trinajstić information content (AvgIpc) is 2.00. The highest BCUT2D eigenvalue weighted by Crippen LogP contribution is 1.93. The summed E-state index contributed by atoms with van der Waals surface area (Å²) in [5, 5.41) is 25.6. The van der Waals surface area contributed by atoms with E-state index in [-0.39, 0.29) is 0 Å². The highest BCUT2D eigenvalue weighted by atomic mass is 16.5. The van der Waals surface area contributed by atoms with Crippen molar-refractivity contribution in [1.82, 2.24) is 0 Å². The second-order valence-electron chi connectivity index (χ2n) is 1.72. The van der Waals surface area contributed by atoms with Gasteiger partial charge in [0.15, 0.2) is 6.10 Å². The SMILES string of the molecule is COC(=O)C(O)C(O)CO. The van der Waals surface area contributed by atoms with Crippen LogP contribution >= 0.6 is 0 Å². The van der Waals surface area contributed by atoms with Crippen LogP contribution in [-0.4, -0.2) is 47.2 Å². The van der Waals surface area contributed by atoms with E-state index in [1.54, 1.807) is 0 Å². The van der Waals surface area contributed by atoms with Gasteiger partial charge in [-0.1, -0.05) is 0 Å². The monoisotopic (exact) mass is 150 g/mol. The number of aliphatic hydroxyl groups is 3. The van der Waals surface area contributed by atoms with E-state index < -0.39 is 24.8 Å². The Kier molecular flexibility index (Phi) is 3.94. The third-order valence-corrected chi connectivity index (χ3v) is 0.994. The third kappa shape index (κ3) is 2.30. The Morgan fingerprint density at radius 1 is 1.60 bits per heavy atom. The van der Waals surface area contributed by atoms with Gasteiger partial charge in [-0.25, -0.2) is 4.79 Å². The standard InChI is InChI=1S/C5H10O5/c1-10-5(9)4(8)3(7)2-6/h3-4,6-8H,2H2,1H3. The summed E-state index contributed by atoms with van der Waals surface area (Å²) in [4.78, 5) is 10.4. The number of aliphatic hydroxyl groups excluding tert-OH is 3. The minimum absolute atomic E-state index is 0.670. The van der Waals surface area contributed by atoms with Crippen LogP contribution in [0.15, 0.2) is 0 Å². The van der Waals surface area contributed by atoms with Crippen LogP contribution in [0.5, 0.6) is 0 Å². The van der Waals surface area contributed by atoms with Gasteiger partial charge in [-0.3, -0.25) is 0 Å². The van der Waals surface area contributed by atoms with Gasteiger partial charge in [-0.05, 0) is 0 Å². The van der Waals surface area contributed by atoms with E-state index in [1.165, 1.54) is 0 Å². The van der Waals surface area contributed by atoms with E-state index >= 15 is 0 Å². The quantitative estimate of drug-likeness (QED) is 0.400. The normalized spacial score (nSPS) is 16.0. The summed E-state index contributed by atoms with van der Waals surface area (Å²) >= 11 is 0. The molecular formula is C5H10O5. The van der Waals surface area contributed by atoms with Crippen molar-refractivity contribution >= 4 is 5.97 Å². The summed E-state index contributed by atoms with van der Waals surface area (Å²) < 4.78 is 4.07. The van der Waals surface area contributed by atoms with Crippen LogP contribution in [0.3, 0.4) is 0 Å². The van der Waals surface area contributed by atoms with Gasteiger partial charge in [-0.15, -0.1) is 0 Å². The first-order valence-corrected chi connectivity index (χ1v) is 2.68. The number of methoxy groups -OCH3 is 1. The van der Waals surface area contributed by atoms with Crippen LogP contribution in [0.4, 0.5) is 0 Å². The van der Waals surface area contributed by atoms with E-state index in [0.29, 0.717) is 0 Å². The van der Waals surface area contributed by atoms with Crippen molar-refractivity contribution in [3.8, 4) is 0 Å². The molecule has 2 unspecified atom stereocenters. The molecule has 5 heteroatoms. The molecule has 0 aliphatic heterocycles. The largest absolute Gasteiger partial charge is 0.467 e. The molecule has 0 bridgehead atoms. The molecule has 0 fully saturated rings. The van der Waals surface area contributed by atoms with E-state index in [4.69, 9.17) is 15.3 Å². The van der Waals surface area contributed by atoms with Crippen LogP contribution in [-0.2, 0) is 9.53 Å². The number of rotatable bonds is 3. The highest BCUT2D eigenvalue weighted by Gasteiger charge is 2.23. The molecule has 2 atom stereocenters.